The third-order valence-corrected chi connectivity index (χ3v) is 6.14. The van der Waals surface area contributed by atoms with Gasteiger partial charge in [0.1, 0.15) is 4.83 Å². The monoisotopic (exact) mass is 324 g/mol. The first-order valence-corrected chi connectivity index (χ1v) is 9.29. The summed E-state index contributed by atoms with van der Waals surface area (Å²) >= 11 is 1.96. The van der Waals surface area contributed by atoms with Crippen LogP contribution in [0.3, 0.4) is 0 Å². The summed E-state index contributed by atoms with van der Waals surface area (Å²) < 4.78 is 2.62. The predicted molar refractivity (Wildman–Crippen MR) is 99.4 cm³/mol. The van der Waals surface area contributed by atoms with Crippen LogP contribution in [0.5, 0.6) is 0 Å². The van der Waals surface area contributed by atoms with Crippen molar-refractivity contribution >= 4 is 21.6 Å². The molecule has 3 heterocycles. The minimum Gasteiger partial charge on any atom is -0.335 e. The van der Waals surface area contributed by atoms with Crippen LogP contribution in [0.2, 0.25) is 0 Å². The van der Waals surface area contributed by atoms with Crippen LogP contribution in [-0.4, -0.2) is 23.1 Å². The van der Waals surface area contributed by atoms with Gasteiger partial charge in [-0.25, -0.2) is 0 Å². The van der Waals surface area contributed by atoms with E-state index in [2.05, 4.69) is 66.8 Å². The maximum atomic E-state index is 2.62. The molecule has 0 spiro atoms. The summed E-state index contributed by atoms with van der Waals surface area (Å²) in [7, 11) is 2.23. The molecule has 120 valence electrons. The van der Waals surface area contributed by atoms with Gasteiger partial charge in [-0.05, 0) is 37.1 Å². The van der Waals surface area contributed by atoms with Crippen LogP contribution in [0.4, 0.5) is 0 Å². The lowest BCUT2D eigenvalue weighted by Crippen LogP contribution is -2.27. The molecule has 0 bridgehead atoms. The van der Waals surface area contributed by atoms with Crippen molar-refractivity contribution in [2.75, 3.05) is 13.6 Å². The Morgan fingerprint density at radius 3 is 2.78 bits per heavy atom. The number of thiophene rings is 1. The fourth-order valence-electron chi connectivity index (χ4n) is 3.82. The molecule has 0 fully saturated rings. The fraction of sp³-hybridized carbons (Fsp3) is 0.400. The van der Waals surface area contributed by atoms with Crippen molar-refractivity contribution in [3.8, 4) is 0 Å². The van der Waals surface area contributed by atoms with Crippen molar-refractivity contribution in [2.24, 2.45) is 0 Å². The Morgan fingerprint density at radius 1 is 1.22 bits per heavy atom. The van der Waals surface area contributed by atoms with Crippen LogP contribution in [0.15, 0.2) is 36.4 Å². The van der Waals surface area contributed by atoms with E-state index < -0.39 is 0 Å². The third kappa shape index (κ3) is 2.62. The molecule has 2 nitrogen and oxygen atoms in total. The summed E-state index contributed by atoms with van der Waals surface area (Å²) in [5.74, 6) is 0.540. The Bertz CT molecular complexity index is 828. The second kappa shape index (κ2) is 5.81. The van der Waals surface area contributed by atoms with Gasteiger partial charge in [-0.3, -0.25) is 0 Å². The average Bonchev–Trinajstić information content (AvgIpc) is 3.05. The van der Waals surface area contributed by atoms with E-state index in [0.29, 0.717) is 5.92 Å². The predicted octanol–water partition coefficient (Wildman–Crippen LogP) is 4.80. The van der Waals surface area contributed by atoms with Crippen LogP contribution in [0.25, 0.3) is 10.2 Å². The number of aryl methyl sites for hydroxylation is 1. The zero-order chi connectivity index (χ0) is 16.0. The van der Waals surface area contributed by atoms with E-state index in [1.165, 1.54) is 33.6 Å². The molecular formula is C20H24N2S. The standard InChI is InChI=1S/C20H24N2S/c1-14(16-7-5-4-6-8-16)12-22-19-9-10-21(3)13-18(19)17-11-15(2)23-20(17)22/h4-8,11,14H,9-10,12-13H2,1-3H3. The molecule has 3 heteroatoms. The molecule has 2 aromatic heterocycles. The largest absolute Gasteiger partial charge is 0.335 e. The molecular weight excluding hydrogens is 300 g/mol. The number of aromatic nitrogens is 1. The summed E-state index contributed by atoms with van der Waals surface area (Å²) in [6, 6.07) is 13.3. The molecule has 1 unspecified atom stereocenters. The van der Waals surface area contributed by atoms with Gasteiger partial charge in [0.25, 0.3) is 0 Å². The third-order valence-electron chi connectivity index (χ3n) is 5.06. The van der Waals surface area contributed by atoms with Crippen molar-refractivity contribution in [1.29, 1.82) is 0 Å². The highest BCUT2D eigenvalue weighted by atomic mass is 32.1. The normalized spacial score (nSPS) is 16.7. The Balaban J connectivity index is 1.77. The van der Waals surface area contributed by atoms with Gasteiger partial charge in [0.15, 0.2) is 0 Å². The number of rotatable bonds is 3. The minimum absolute atomic E-state index is 0.540. The van der Waals surface area contributed by atoms with Gasteiger partial charge in [-0.1, -0.05) is 37.3 Å². The summed E-state index contributed by atoms with van der Waals surface area (Å²) in [5, 5.41) is 1.49. The molecule has 1 aliphatic rings. The van der Waals surface area contributed by atoms with Crippen LogP contribution >= 0.6 is 11.3 Å². The van der Waals surface area contributed by atoms with Crippen molar-refractivity contribution in [2.45, 2.75) is 39.3 Å². The molecule has 0 saturated carbocycles. The number of hydrogen-bond acceptors (Lipinski definition) is 2. The smallest absolute Gasteiger partial charge is 0.103 e. The molecule has 3 aromatic rings. The highest BCUT2D eigenvalue weighted by Gasteiger charge is 2.24. The lowest BCUT2D eigenvalue weighted by molar-refractivity contribution is 0.308. The van der Waals surface area contributed by atoms with Gasteiger partial charge >= 0.3 is 0 Å². The lowest BCUT2D eigenvalue weighted by Gasteiger charge is -2.25. The molecule has 0 saturated heterocycles. The molecule has 0 N–H and O–H groups in total. The van der Waals surface area contributed by atoms with Crippen molar-refractivity contribution in [3.05, 3.63) is 58.1 Å². The molecule has 1 aromatic carbocycles. The van der Waals surface area contributed by atoms with Gasteiger partial charge in [-0.2, -0.15) is 0 Å². The van der Waals surface area contributed by atoms with E-state index in [1.54, 1.807) is 11.3 Å². The maximum Gasteiger partial charge on any atom is 0.103 e. The summed E-state index contributed by atoms with van der Waals surface area (Å²) in [4.78, 5) is 5.34. The van der Waals surface area contributed by atoms with E-state index >= 15 is 0 Å². The molecule has 0 aliphatic carbocycles. The number of likely N-dealkylation sites (N-methyl/N-ethyl adjacent to an activating group) is 1. The molecule has 0 radical (unpaired) electrons. The van der Waals surface area contributed by atoms with Gasteiger partial charge in [0.2, 0.25) is 0 Å². The van der Waals surface area contributed by atoms with Gasteiger partial charge in [0.05, 0.1) is 0 Å². The van der Waals surface area contributed by atoms with E-state index in [1.807, 2.05) is 11.3 Å². The topological polar surface area (TPSA) is 8.17 Å². The quantitative estimate of drug-likeness (QED) is 0.671. The second-order valence-corrected chi connectivity index (χ2v) is 8.15. The van der Waals surface area contributed by atoms with Crippen molar-refractivity contribution in [3.63, 3.8) is 0 Å². The molecule has 0 amide bonds. The summed E-state index contributed by atoms with van der Waals surface area (Å²) in [5.41, 5.74) is 4.58. The van der Waals surface area contributed by atoms with Gasteiger partial charge in [-0.15, -0.1) is 11.3 Å². The first-order chi connectivity index (χ1) is 11.1. The summed E-state index contributed by atoms with van der Waals surface area (Å²) in [6.07, 6.45) is 1.17. The zero-order valence-electron chi connectivity index (χ0n) is 14.2. The number of nitrogens with zero attached hydrogens (tertiary/aromatic N) is 2. The zero-order valence-corrected chi connectivity index (χ0v) is 15.0. The van der Waals surface area contributed by atoms with Crippen LogP contribution < -0.4 is 0 Å². The van der Waals surface area contributed by atoms with Crippen LogP contribution in [0, 0.1) is 6.92 Å². The molecule has 23 heavy (non-hydrogen) atoms. The lowest BCUT2D eigenvalue weighted by atomic mass is 10.0. The molecule has 1 atom stereocenters. The first kappa shape index (κ1) is 15.0. The fourth-order valence-corrected chi connectivity index (χ4v) is 4.89. The van der Waals surface area contributed by atoms with E-state index in [-0.39, 0.29) is 0 Å². The number of benzene rings is 1. The average molecular weight is 324 g/mol. The Hall–Kier alpha value is -1.58. The van der Waals surface area contributed by atoms with E-state index in [0.717, 1.165) is 13.1 Å². The molecule has 4 rings (SSSR count). The second-order valence-electron chi connectivity index (χ2n) is 6.91. The Labute approximate surface area is 142 Å². The Kier molecular flexibility index (Phi) is 3.78. The van der Waals surface area contributed by atoms with Crippen molar-refractivity contribution in [1.82, 2.24) is 9.47 Å². The van der Waals surface area contributed by atoms with E-state index in [9.17, 15) is 0 Å². The highest BCUT2D eigenvalue weighted by molar-refractivity contribution is 7.18. The van der Waals surface area contributed by atoms with Gasteiger partial charge < -0.3 is 9.47 Å². The van der Waals surface area contributed by atoms with Crippen LogP contribution in [-0.2, 0) is 19.5 Å². The van der Waals surface area contributed by atoms with E-state index in [4.69, 9.17) is 0 Å². The minimum atomic E-state index is 0.540. The number of fused-ring (bicyclic) bond motifs is 3. The van der Waals surface area contributed by atoms with Crippen LogP contribution in [0.1, 0.15) is 34.5 Å². The summed E-state index contributed by atoms with van der Waals surface area (Å²) in [6.45, 7) is 7.93. The van der Waals surface area contributed by atoms with Crippen molar-refractivity contribution < 1.29 is 0 Å². The highest BCUT2D eigenvalue weighted by Crippen LogP contribution is 2.37. The Morgan fingerprint density at radius 2 is 2.00 bits per heavy atom. The van der Waals surface area contributed by atoms with Gasteiger partial charge in [0, 0.05) is 42.0 Å². The SMILES string of the molecule is Cc1cc2c3c(n(CC(C)c4ccccc4)c2s1)CCN(C)C3. The number of hydrogen-bond donors (Lipinski definition) is 0. The molecule has 1 aliphatic heterocycles. The maximum absolute atomic E-state index is 2.62. The first-order valence-electron chi connectivity index (χ1n) is 8.47.